The summed E-state index contributed by atoms with van der Waals surface area (Å²) in [4.78, 5) is 13.2. The zero-order valence-corrected chi connectivity index (χ0v) is 11.1. The van der Waals surface area contributed by atoms with E-state index in [9.17, 15) is 4.79 Å². The molecule has 0 radical (unpaired) electrons. The van der Waals surface area contributed by atoms with Crippen LogP contribution in [0.3, 0.4) is 0 Å². The monoisotopic (exact) mass is 255 g/mol. The van der Waals surface area contributed by atoms with Crippen molar-refractivity contribution in [2.45, 2.75) is 51.0 Å². The fraction of sp³-hybridized carbons (Fsp3) is 0.929. The van der Waals surface area contributed by atoms with Gasteiger partial charge in [0, 0.05) is 19.6 Å². The Morgan fingerprint density at radius 2 is 1.83 bits per heavy atom. The van der Waals surface area contributed by atoms with E-state index < -0.39 is 12.1 Å². The first-order valence-corrected chi connectivity index (χ1v) is 7.32. The number of carboxylic acids is 1. The second kappa shape index (κ2) is 7.10. The van der Waals surface area contributed by atoms with Gasteiger partial charge in [0.1, 0.15) is 0 Å². The average molecular weight is 255 g/mol. The first-order valence-electron chi connectivity index (χ1n) is 7.32. The van der Waals surface area contributed by atoms with Crippen LogP contribution in [0.1, 0.15) is 44.9 Å². The fourth-order valence-electron chi connectivity index (χ4n) is 3.11. The molecule has 2 rings (SSSR count). The van der Waals surface area contributed by atoms with Gasteiger partial charge >= 0.3 is 5.97 Å². The number of hydrogen-bond acceptors (Lipinski definition) is 3. The minimum absolute atomic E-state index is 0.559. The van der Waals surface area contributed by atoms with Crippen molar-refractivity contribution in [3.05, 3.63) is 0 Å². The predicted molar refractivity (Wildman–Crippen MR) is 69.6 cm³/mol. The number of nitrogens with zero attached hydrogens (tertiary/aromatic N) is 1. The van der Waals surface area contributed by atoms with Gasteiger partial charge in [0.05, 0.1) is 6.61 Å². The molecule has 104 valence electrons. The third-order valence-electron chi connectivity index (χ3n) is 4.17. The Labute approximate surface area is 109 Å². The maximum atomic E-state index is 10.9. The molecule has 1 atom stereocenters. The number of aliphatic carboxylic acids is 1. The lowest BCUT2D eigenvalue weighted by Gasteiger charge is -2.34. The summed E-state index contributed by atoms with van der Waals surface area (Å²) in [5, 5.41) is 8.99. The summed E-state index contributed by atoms with van der Waals surface area (Å²) in [6, 6.07) is 0. The van der Waals surface area contributed by atoms with Crippen molar-refractivity contribution in [3.8, 4) is 0 Å². The van der Waals surface area contributed by atoms with Gasteiger partial charge < -0.3 is 9.84 Å². The van der Waals surface area contributed by atoms with Crippen LogP contribution in [0.2, 0.25) is 0 Å². The van der Waals surface area contributed by atoms with Crippen molar-refractivity contribution in [2.24, 2.45) is 5.92 Å². The SMILES string of the molecule is O=C(O)C1CN(CC2CCCCCCC2)CCO1. The van der Waals surface area contributed by atoms with Gasteiger partial charge in [0.25, 0.3) is 0 Å². The Morgan fingerprint density at radius 1 is 1.17 bits per heavy atom. The van der Waals surface area contributed by atoms with Gasteiger partial charge in [-0.05, 0) is 18.8 Å². The molecule has 1 aliphatic heterocycles. The first-order chi connectivity index (χ1) is 8.75. The van der Waals surface area contributed by atoms with E-state index in [4.69, 9.17) is 9.84 Å². The summed E-state index contributed by atoms with van der Waals surface area (Å²) >= 11 is 0. The van der Waals surface area contributed by atoms with E-state index in [0.717, 1.165) is 19.0 Å². The minimum atomic E-state index is -0.822. The van der Waals surface area contributed by atoms with Crippen molar-refractivity contribution < 1.29 is 14.6 Å². The van der Waals surface area contributed by atoms with Crippen LogP contribution >= 0.6 is 0 Å². The predicted octanol–water partition coefficient (Wildman–Crippen LogP) is 2.13. The highest BCUT2D eigenvalue weighted by molar-refractivity contribution is 5.72. The highest BCUT2D eigenvalue weighted by atomic mass is 16.5. The van der Waals surface area contributed by atoms with Gasteiger partial charge in [0.15, 0.2) is 6.10 Å². The molecular weight excluding hydrogens is 230 g/mol. The minimum Gasteiger partial charge on any atom is -0.479 e. The Bertz CT molecular complexity index is 262. The van der Waals surface area contributed by atoms with Crippen LogP contribution in [0.15, 0.2) is 0 Å². The van der Waals surface area contributed by atoms with Crippen molar-refractivity contribution in [3.63, 3.8) is 0 Å². The standard InChI is InChI=1S/C14H25NO3/c16-14(17)13-11-15(8-9-18-13)10-12-6-4-2-1-3-5-7-12/h12-13H,1-11H2,(H,16,17). The zero-order valence-electron chi connectivity index (χ0n) is 11.1. The largest absolute Gasteiger partial charge is 0.479 e. The van der Waals surface area contributed by atoms with Crippen LogP contribution in [-0.4, -0.2) is 48.3 Å². The zero-order chi connectivity index (χ0) is 12.8. The number of ether oxygens (including phenoxy) is 1. The van der Waals surface area contributed by atoms with E-state index in [0.29, 0.717) is 13.2 Å². The van der Waals surface area contributed by atoms with Gasteiger partial charge in [-0.25, -0.2) is 4.79 Å². The third-order valence-corrected chi connectivity index (χ3v) is 4.17. The number of morpholine rings is 1. The molecule has 1 unspecified atom stereocenters. The summed E-state index contributed by atoms with van der Waals surface area (Å²) in [6.07, 6.45) is 8.84. The lowest BCUT2D eigenvalue weighted by Crippen LogP contribution is -2.47. The van der Waals surface area contributed by atoms with Crippen LogP contribution in [0.25, 0.3) is 0 Å². The Kier molecular flexibility index (Phi) is 5.45. The summed E-state index contributed by atoms with van der Waals surface area (Å²) < 4.78 is 5.26. The van der Waals surface area contributed by atoms with Crippen molar-refractivity contribution >= 4 is 5.97 Å². The maximum Gasteiger partial charge on any atom is 0.334 e. The van der Waals surface area contributed by atoms with Crippen molar-refractivity contribution in [2.75, 3.05) is 26.2 Å². The number of carbonyl (C=O) groups is 1. The Hall–Kier alpha value is -0.610. The van der Waals surface area contributed by atoms with Crippen LogP contribution < -0.4 is 0 Å². The summed E-state index contributed by atoms with van der Waals surface area (Å²) in [5.41, 5.74) is 0. The quantitative estimate of drug-likeness (QED) is 0.839. The molecule has 1 heterocycles. The van der Waals surface area contributed by atoms with Gasteiger partial charge in [0.2, 0.25) is 0 Å². The summed E-state index contributed by atoms with van der Waals surface area (Å²) in [5.74, 6) is -0.0600. The molecular formula is C14H25NO3. The average Bonchev–Trinajstić information content (AvgIpc) is 2.33. The topological polar surface area (TPSA) is 49.8 Å². The van der Waals surface area contributed by atoms with Crippen LogP contribution in [0.5, 0.6) is 0 Å². The van der Waals surface area contributed by atoms with Crippen LogP contribution in [0.4, 0.5) is 0 Å². The van der Waals surface area contributed by atoms with E-state index in [1.165, 1.54) is 44.9 Å². The highest BCUT2D eigenvalue weighted by Gasteiger charge is 2.27. The van der Waals surface area contributed by atoms with Crippen molar-refractivity contribution in [1.29, 1.82) is 0 Å². The molecule has 1 saturated heterocycles. The third kappa shape index (κ3) is 4.25. The van der Waals surface area contributed by atoms with Gasteiger partial charge in [-0.1, -0.05) is 32.1 Å². The molecule has 1 saturated carbocycles. The second-order valence-corrected chi connectivity index (χ2v) is 5.67. The maximum absolute atomic E-state index is 10.9. The van der Waals surface area contributed by atoms with Crippen molar-refractivity contribution in [1.82, 2.24) is 4.90 Å². The molecule has 0 aromatic rings. The van der Waals surface area contributed by atoms with E-state index >= 15 is 0 Å². The molecule has 0 spiro atoms. The lowest BCUT2D eigenvalue weighted by molar-refractivity contribution is -0.156. The first kappa shape index (κ1) is 13.8. The molecule has 0 aromatic heterocycles. The molecule has 1 aliphatic carbocycles. The molecule has 4 nitrogen and oxygen atoms in total. The van der Waals surface area contributed by atoms with Crippen LogP contribution in [-0.2, 0) is 9.53 Å². The van der Waals surface area contributed by atoms with E-state index in [1.807, 2.05) is 0 Å². The van der Waals surface area contributed by atoms with Gasteiger partial charge in [-0.15, -0.1) is 0 Å². The summed E-state index contributed by atoms with van der Waals surface area (Å²) in [6.45, 7) is 3.07. The normalized spacial score (nSPS) is 28.6. The number of carboxylic acid groups (broad SMARTS) is 1. The van der Waals surface area contributed by atoms with Crippen LogP contribution in [0, 0.1) is 5.92 Å². The Morgan fingerprint density at radius 3 is 2.50 bits per heavy atom. The molecule has 1 N–H and O–H groups in total. The molecule has 2 fully saturated rings. The Balaban J connectivity index is 1.78. The molecule has 0 bridgehead atoms. The van der Waals surface area contributed by atoms with E-state index in [1.54, 1.807) is 0 Å². The molecule has 0 aromatic carbocycles. The molecule has 2 aliphatic rings. The number of rotatable bonds is 3. The smallest absolute Gasteiger partial charge is 0.334 e. The fourth-order valence-corrected chi connectivity index (χ4v) is 3.11. The second-order valence-electron chi connectivity index (χ2n) is 5.67. The molecule has 4 heteroatoms. The lowest BCUT2D eigenvalue weighted by atomic mass is 9.90. The summed E-state index contributed by atoms with van der Waals surface area (Å²) in [7, 11) is 0. The highest BCUT2D eigenvalue weighted by Crippen LogP contribution is 2.23. The van der Waals surface area contributed by atoms with E-state index in [2.05, 4.69) is 4.90 Å². The molecule has 18 heavy (non-hydrogen) atoms. The van der Waals surface area contributed by atoms with Gasteiger partial charge in [-0.2, -0.15) is 0 Å². The van der Waals surface area contributed by atoms with E-state index in [-0.39, 0.29) is 0 Å². The number of hydrogen-bond donors (Lipinski definition) is 1. The van der Waals surface area contributed by atoms with Gasteiger partial charge in [-0.3, -0.25) is 4.90 Å². The molecule has 0 amide bonds.